The van der Waals surface area contributed by atoms with Gasteiger partial charge in [-0.25, -0.2) is 0 Å². The molecule has 0 unspecified atom stereocenters. The molecule has 0 bridgehead atoms. The molecule has 1 aliphatic carbocycles. The highest BCUT2D eigenvalue weighted by Crippen LogP contribution is 2.34. The average molecular weight is 210 g/mol. The Balaban J connectivity index is 2.09. The molecule has 1 aliphatic rings. The third-order valence-electron chi connectivity index (χ3n) is 3.16. The molecule has 0 aliphatic heterocycles. The van der Waals surface area contributed by atoms with Crippen molar-refractivity contribution in [2.45, 2.75) is 31.7 Å². The van der Waals surface area contributed by atoms with Gasteiger partial charge < -0.3 is 5.73 Å². The standard InChI is InChI=1S/C12H16ClN/c13-11-7-5-10(6-8-11)12(14)9-3-1-2-4-9/h5-9,12H,1-4,14H2/t12-/m1/s1. The number of hydrogen-bond donors (Lipinski definition) is 1. The van der Waals surface area contributed by atoms with E-state index in [2.05, 4.69) is 0 Å². The van der Waals surface area contributed by atoms with E-state index >= 15 is 0 Å². The van der Waals surface area contributed by atoms with Crippen LogP contribution in [0.15, 0.2) is 24.3 Å². The van der Waals surface area contributed by atoms with Crippen LogP contribution in [-0.4, -0.2) is 0 Å². The van der Waals surface area contributed by atoms with Crippen LogP contribution in [0.2, 0.25) is 5.02 Å². The lowest BCUT2D eigenvalue weighted by Gasteiger charge is -2.19. The second-order valence-corrected chi connectivity index (χ2v) is 4.56. The Bertz CT molecular complexity index is 288. The fraction of sp³-hybridized carbons (Fsp3) is 0.500. The van der Waals surface area contributed by atoms with Crippen molar-refractivity contribution in [3.8, 4) is 0 Å². The predicted molar refractivity (Wildman–Crippen MR) is 60.3 cm³/mol. The third-order valence-corrected chi connectivity index (χ3v) is 3.41. The van der Waals surface area contributed by atoms with Crippen LogP contribution in [0.25, 0.3) is 0 Å². The summed E-state index contributed by atoms with van der Waals surface area (Å²) < 4.78 is 0. The monoisotopic (exact) mass is 209 g/mol. The molecule has 0 amide bonds. The second-order valence-electron chi connectivity index (χ2n) is 4.12. The normalized spacial score (nSPS) is 19.9. The summed E-state index contributed by atoms with van der Waals surface area (Å²) in [4.78, 5) is 0. The minimum absolute atomic E-state index is 0.203. The van der Waals surface area contributed by atoms with Gasteiger partial charge in [0.05, 0.1) is 0 Å². The lowest BCUT2D eigenvalue weighted by molar-refractivity contribution is 0.445. The molecule has 1 atom stereocenters. The van der Waals surface area contributed by atoms with E-state index in [1.165, 1.54) is 31.2 Å². The van der Waals surface area contributed by atoms with Gasteiger partial charge in [-0.3, -0.25) is 0 Å². The van der Waals surface area contributed by atoms with Gasteiger partial charge in [0.15, 0.2) is 0 Å². The van der Waals surface area contributed by atoms with Crippen LogP contribution in [0.1, 0.15) is 37.3 Å². The van der Waals surface area contributed by atoms with Crippen LogP contribution < -0.4 is 5.73 Å². The van der Waals surface area contributed by atoms with Gasteiger partial charge in [0.2, 0.25) is 0 Å². The summed E-state index contributed by atoms with van der Waals surface area (Å²) in [5.74, 6) is 0.677. The van der Waals surface area contributed by atoms with Gasteiger partial charge in [-0.2, -0.15) is 0 Å². The van der Waals surface area contributed by atoms with Crippen molar-refractivity contribution in [1.29, 1.82) is 0 Å². The molecule has 0 radical (unpaired) electrons. The Labute approximate surface area is 90.3 Å². The maximum absolute atomic E-state index is 6.21. The summed E-state index contributed by atoms with van der Waals surface area (Å²) in [5, 5.41) is 0.785. The zero-order valence-electron chi connectivity index (χ0n) is 8.25. The Hall–Kier alpha value is -0.530. The van der Waals surface area contributed by atoms with E-state index in [0.717, 1.165) is 5.02 Å². The molecule has 1 aromatic rings. The van der Waals surface area contributed by atoms with Crippen LogP contribution in [0, 0.1) is 5.92 Å². The summed E-state index contributed by atoms with van der Waals surface area (Å²) >= 11 is 5.84. The minimum Gasteiger partial charge on any atom is -0.324 e. The Morgan fingerprint density at radius 3 is 2.29 bits per heavy atom. The van der Waals surface area contributed by atoms with E-state index in [1.807, 2.05) is 24.3 Å². The molecule has 1 fully saturated rings. The lowest BCUT2D eigenvalue weighted by Crippen LogP contribution is -2.18. The van der Waals surface area contributed by atoms with E-state index < -0.39 is 0 Å². The van der Waals surface area contributed by atoms with E-state index in [0.29, 0.717) is 5.92 Å². The highest BCUT2D eigenvalue weighted by molar-refractivity contribution is 6.30. The van der Waals surface area contributed by atoms with Gasteiger partial charge in [0, 0.05) is 11.1 Å². The number of rotatable bonds is 2. The van der Waals surface area contributed by atoms with Crippen molar-refractivity contribution < 1.29 is 0 Å². The van der Waals surface area contributed by atoms with Crippen molar-refractivity contribution in [2.24, 2.45) is 11.7 Å². The molecule has 1 saturated carbocycles. The van der Waals surface area contributed by atoms with Gasteiger partial charge in [0.25, 0.3) is 0 Å². The molecular weight excluding hydrogens is 194 g/mol. The number of nitrogens with two attached hydrogens (primary N) is 1. The van der Waals surface area contributed by atoms with Crippen LogP contribution in [0.3, 0.4) is 0 Å². The first-order chi connectivity index (χ1) is 6.77. The third kappa shape index (κ3) is 2.10. The van der Waals surface area contributed by atoms with E-state index in [4.69, 9.17) is 17.3 Å². The van der Waals surface area contributed by atoms with Crippen molar-refractivity contribution in [3.05, 3.63) is 34.9 Å². The summed E-state index contributed by atoms with van der Waals surface area (Å²) in [6.45, 7) is 0. The largest absolute Gasteiger partial charge is 0.324 e. The molecule has 1 nitrogen and oxygen atoms in total. The first-order valence-corrected chi connectivity index (χ1v) is 5.66. The molecule has 2 N–H and O–H groups in total. The first-order valence-electron chi connectivity index (χ1n) is 5.28. The summed E-state index contributed by atoms with van der Waals surface area (Å²) in [7, 11) is 0. The fourth-order valence-electron chi connectivity index (χ4n) is 2.27. The smallest absolute Gasteiger partial charge is 0.0406 e. The zero-order chi connectivity index (χ0) is 9.97. The summed E-state index contributed by atoms with van der Waals surface area (Å²) in [6, 6.07) is 8.14. The number of benzene rings is 1. The second kappa shape index (κ2) is 4.33. The highest BCUT2D eigenvalue weighted by Gasteiger charge is 2.22. The van der Waals surface area contributed by atoms with Crippen LogP contribution >= 0.6 is 11.6 Å². The number of hydrogen-bond acceptors (Lipinski definition) is 1. The van der Waals surface area contributed by atoms with Crippen molar-refractivity contribution >= 4 is 11.6 Å². The summed E-state index contributed by atoms with van der Waals surface area (Å²) in [5.41, 5.74) is 7.43. The molecule has 0 aromatic heterocycles. The first kappa shape index (κ1) is 10.0. The van der Waals surface area contributed by atoms with E-state index in [-0.39, 0.29) is 6.04 Å². The minimum atomic E-state index is 0.203. The molecule has 0 heterocycles. The maximum Gasteiger partial charge on any atom is 0.0406 e. The molecule has 2 heteroatoms. The van der Waals surface area contributed by atoms with Crippen LogP contribution in [0.4, 0.5) is 0 Å². The van der Waals surface area contributed by atoms with E-state index in [1.54, 1.807) is 0 Å². The summed E-state index contributed by atoms with van der Waals surface area (Å²) in [6.07, 6.45) is 5.24. The lowest BCUT2D eigenvalue weighted by atomic mass is 9.93. The van der Waals surface area contributed by atoms with Crippen LogP contribution in [0.5, 0.6) is 0 Å². The zero-order valence-corrected chi connectivity index (χ0v) is 9.00. The van der Waals surface area contributed by atoms with Crippen LogP contribution in [-0.2, 0) is 0 Å². The molecule has 1 aromatic carbocycles. The SMILES string of the molecule is N[C@@H](c1ccc(Cl)cc1)C1CCCC1. The van der Waals surface area contributed by atoms with Gasteiger partial charge in [0.1, 0.15) is 0 Å². The molecule has 0 spiro atoms. The Morgan fingerprint density at radius 1 is 1.14 bits per heavy atom. The molecule has 76 valence electrons. The van der Waals surface area contributed by atoms with Gasteiger partial charge in [-0.15, -0.1) is 0 Å². The molecule has 2 rings (SSSR count). The van der Waals surface area contributed by atoms with Gasteiger partial charge >= 0.3 is 0 Å². The van der Waals surface area contributed by atoms with Gasteiger partial charge in [-0.05, 0) is 36.5 Å². The fourth-order valence-corrected chi connectivity index (χ4v) is 2.40. The Kier molecular flexibility index (Phi) is 3.09. The predicted octanol–water partition coefficient (Wildman–Crippen LogP) is 3.53. The molecular formula is C12H16ClN. The highest BCUT2D eigenvalue weighted by atomic mass is 35.5. The molecule has 0 saturated heterocycles. The van der Waals surface area contributed by atoms with Crippen molar-refractivity contribution in [2.75, 3.05) is 0 Å². The average Bonchev–Trinajstić information content (AvgIpc) is 2.71. The number of halogens is 1. The topological polar surface area (TPSA) is 26.0 Å². The maximum atomic E-state index is 6.21. The Morgan fingerprint density at radius 2 is 1.71 bits per heavy atom. The quantitative estimate of drug-likeness (QED) is 0.793. The van der Waals surface area contributed by atoms with E-state index in [9.17, 15) is 0 Å². The van der Waals surface area contributed by atoms with Gasteiger partial charge in [-0.1, -0.05) is 36.6 Å². The van der Waals surface area contributed by atoms with Crippen molar-refractivity contribution in [1.82, 2.24) is 0 Å². The van der Waals surface area contributed by atoms with Crippen molar-refractivity contribution in [3.63, 3.8) is 0 Å². The molecule has 14 heavy (non-hydrogen) atoms.